The highest BCUT2D eigenvalue weighted by molar-refractivity contribution is 5.67. The molecule has 0 aliphatic carbocycles. The summed E-state index contributed by atoms with van der Waals surface area (Å²) in [6.07, 6.45) is -0.698. The lowest BCUT2D eigenvalue weighted by Gasteiger charge is -2.26. The molecule has 0 amide bonds. The van der Waals surface area contributed by atoms with Gasteiger partial charge in [0.2, 0.25) is 0 Å². The molecule has 2 heterocycles. The maximum Gasteiger partial charge on any atom is 0.418 e. The zero-order valence-electron chi connectivity index (χ0n) is 13.8. The van der Waals surface area contributed by atoms with Crippen molar-refractivity contribution in [2.45, 2.75) is 57.7 Å². The smallest absolute Gasteiger partial charge is 0.381 e. The highest BCUT2D eigenvalue weighted by Gasteiger charge is 2.42. The van der Waals surface area contributed by atoms with E-state index in [-0.39, 0.29) is 12.0 Å². The Morgan fingerprint density at radius 2 is 1.96 bits per heavy atom. The number of hydrogen-bond acceptors (Lipinski definition) is 2. The summed E-state index contributed by atoms with van der Waals surface area (Å²) in [5.74, 6) is 0.602. The summed E-state index contributed by atoms with van der Waals surface area (Å²) in [6.45, 7) is 5.84. The number of alkyl halides is 3. The van der Waals surface area contributed by atoms with Crippen molar-refractivity contribution < 1.29 is 13.2 Å². The van der Waals surface area contributed by atoms with Gasteiger partial charge in [0, 0.05) is 18.5 Å². The van der Waals surface area contributed by atoms with Crippen LogP contribution in [0.1, 0.15) is 55.7 Å². The highest BCUT2D eigenvalue weighted by Crippen LogP contribution is 2.46. The first-order valence-corrected chi connectivity index (χ1v) is 8.65. The molecule has 1 aromatic rings. The molecule has 2 aliphatic rings. The monoisotopic (exact) mass is 326 g/mol. The van der Waals surface area contributed by atoms with Crippen LogP contribution >= 0.6 is 0 Å². The second-order valence-corrected chi connectivity index (χ2v) is 6.84. The highest BCUT2D eigenvalue weighted by atomic mass is 19.4. The van der Waals surface area contributed by atoms with Gasteiger partial charge in [-0.3, -0.25) is 0 Å². The maximum atomic E-state index is 13.5. The van der Waals surface area contributed by atoms with Crippen LogP contribution in [-0.4, -0.2) is 19.1 Å². The number of anilines is 1. The Kier molecular flexibility index (Phi) is 4.59. The molecule has 1 aromatic carbocycles. The summed E-state index contributed by atoms with van der Waals surface area (Å²) in [5, 5.41) is 6.48. The van der Waals surface area contributed by atoms with Gasteiger partial charge < -0.3 is 10.6 Å². The first-order chi connectivity index (χ1) is 10.9. The van der Waals surface area contributed by atoms with Crippen LogP contribution in [-0.2, 0) is 12.6 Å². The summed E-state index contributed by atoms with van der Waals surface area (Å²) in [5.41, 5.74) is 1.53. The van der Waals surface area contributed by atoms with Crippen molar-refractivity contribution in [2.24, 2.45) is 5.92 Å². The zero-order valence-corrected chi connectivity index (χ0v) is 13.8. The second kappa shape index (κ2) is 6.34. The first-order valence-electron chi connectivity index (χ1n) is 8.65. The van der Waals surface area contributed by atoms with E-state index in [0.717, 1.165) is 49.9 Å². The topological polar surface area (TPSA) is 24.1 Å². The van der Waals surface area contributed by atoms with Crippen LogP contribution in [0.4, 0.5) is 18.9 Å². The predicted molar refractivity (Wildman–Crippen MR) is 86.9 cm³/mol. The van der Waals surface area contributed by atoms with Gasteiger partial charge in [-0.15, -0.1) is 0 Å². The Balaban J connectivity index is 2.01. The van der Waals surface area contributed by atoms with E-state index in [2.05, 4.69) is 24.5 Å². The van der Waals surface area contributed by atoms with Crippen LogP contribution in [0, 0.1) is 5.92 Å². The van der Waals surface area contributed by atoms with E-state index >= 15 is 0 Å². The summed E-state index contributed by atoms with van der Waals surface area (Å²) in [6, 6.07) is 3.53. The fraction of sp³-hybridized carbons (Fsp3) is 0.667. The van der Waals surface area contributed by atoms with E-state index in [0.29, 0.717) is 11.6 Å². The fourth-order valence-corrected chi connectivity index (χ4v) is 3.98. The largest absolute Gasteiger partial charge is 0.418 e. The Morgan fingerprint density at radius 1 is 1.22 bits per heavy atom. The molecule has 1 fully saturated rings. The Morgan fingerprint density at radius 3 is 2.61 bits per heavy atom. The number of hydrogen-bond donors (Lipinski definition) is 2. The minimum absolute atomic E-state index is 0.135. The summed E-state index contributed by atoms with van der Waals surface area (Å²) >= 11 is 0. The van der Waals surface area contributed by atoms with Gasteiger partial charge in [-0.25, -0.2) is 0 Å². The van der Waals surface area contributed by atoms with Crippen molar-refractivity contribution in [2.75, 3.05) is 18.4 Å². The van der Waals surface area contributed by atoms with Crippen molar-refractivity contribution >= 4 is 5.69 Å². The van der Waals surface area contributed by atoms with Gasteiger partial charge in [-0.1, -0.05) is 32.8 Å². The molecule has 2 atom stereocenters. The van der Waals surface area contributed by atoms with Crippen molar-refractivity contribution in [1.82, 2.24) is 5.32 Å². The van der Waals surface area contributed by atoms with Crippen molar-refractivity contribution in [3.63, 3.8) is 0 Å². The second-order valence-electron chi connectivity index (χ2n) is 6.84. The molecule has 0 unspecified atom stereocenters. The molecule has 1 saturated heterocycles. The molecule has 23 heavy (non-hydrogen) atoms. The number of halogens is 3. The molecule has 3 rings (SSSR count). The maximum absolute atomic E-state index is 13.5. The number of rotatable bonds is 4. The number of benzene rings is 1. The number of piperidine rings is 1. The van der Waals surface area contributed by atoms with E-state index < -0.39 is 11.7 Å². The summed E-state index contributed by atoms with van der Waals surface area (Å²) in [4.78, 5) is 0. The average Bonchev–Trinajstić information content (AvgIpc) is 2.89. The van der Waals surface area contributed by atoms with Crippen LogP contribution in [0.5, 0.6) is 0 Å². The molecule has 128 valence electrons. The molecular formula is C18H25F3N2. The van der Waals surface area contributed by atoms with Crippen LogP contribution in [0.25, 0.3) is 0 Å². The Labute approximate surface area is 135 Å². The molecule has 0 aromatic heterocycles. The van der Waals surface area contributed by atoms with Gasteiger partial charge in [0.15, 0.2) is 0 Å². The zero-order chi connectivity index (χ0) is 16.6. The van der Waals surface area contributed by atoms with E-state index in [1.807, 2.05) is 6.07 Å². The van der Waals surface area contributed by atoms with Gasteiger partial charge in [0.1, 0.15) is 0 Å². The van der Waals surface area contributed by atoms with Crippen molar-refractivity contribution in [3.05, 3.63) is 28.8 Å². The van der Waals surface area contributed by atoms with Crippen molar-refractivity contribution in [3.8, 4) is 0 Å². The first kappa shape index (κ1) is 16.6. The molecule has 2 aliphatic heterocycles. The molecule has 2 N–H and O–H groups in total. The third-order valence-corrected chi connectivity index (χ3v) is 5.42. The quantitative estimate of drug-likeness (QED) is 0.848. The molecule has 0 spiro atoms. The Hall–Kier alpha value is -1.23. The lowest BCUT2D eigenvalue weighted by molar-refractivity contribution is -0.137. The van der Waals surface area contributed by atoms with Gasteiger partial charge in [0.05, 0.1) is 11.3 Å². The van der Waals surface area contributed by atoms with E-state index in [9.17, 15) is 13.2 Å². The number of nitrogens with one attached hydrogen (secondary N) is 2. The van der Waals surface area contributed by atoms with E-state index in [1.54, 1.807) is 0 Å². The van der Waals surface area contributed by atoms with Crippen LogP contribution in [0.3, 0.4) is 0 Å². The minimum Gasteiger partial charge on any atom is -0.381 e. The Bertz CT molecular complexity index is 564. The lowest BCUT2D eigenvalue weighted by atomic mass is 9.86. The summed E-state index contributed by atoms with van der Waals surface area (Å²) in [7, 11) is 0. The third kappa shape index (κ3) is 3.21. The van der Waals surface area contributed by atoms with Gasteiger partial charge in [0.25, 0.3) is 0 Å². The molecule has 0 saturated carbocycles. The molecule has 2 nitrogen and oxygen atoms in total. The van der Waals surface area contributed by atoms with Crippen LogP contribution < -0.4 is 10.6 Å². The number of fused-ring (bicyclic) bond motifs is 3. The molecule has 0 radical (unpaired) electrons. The SMILES string of the molecule is CCC(CC)Cc1cc2c(c(C(F)(F)F)c1)N[C@@H]1CCNC[C@H]21. The van der Waals surface area contributed by atoms with E-state index in [1.165, 1.54) is 6.07 Å². The fourth-order valence-electron chi connectivity index (χ4n) is 3.98. The van der Waals surface area contributed by atoms with Crippen LogP contribution in [0.2, 0.25) is 0 Å². The molecular weight excluding hydrogens is 301 g/mol. The van der Waals surface area contributed by atoms with E-state index in [4.69, 9.17) is 0 Å². The van der Waals surface area contributed by atoms with Crippen LogP contribution in [0.15, 0.2) is 12.1 Å². The molecule has 0 bridgehead atoms. The third-order valence-electron chi connectivity index (χ3n) is 5.42. The molecule has 5 heteroatoms. The van der Waals surface area contributed by atoms with Gasteiger partial charge >= 0.3 is 6.18 Å². The summed E-state index contributed by atoms with van der Waals surface area (Å²) < 4.78 is 40.6. The average molecular weight is 326 g/mol. The predicted octanol–water partition coefficient (Wildman–Crippen LogP) is 4.56. The van der Waals surface area contributed by atoms with Gasteiger partial charge in [-0.05, 0) is 42.5 Å². The van der Waals surface area contributed by atoms with Gasteiger partial charge in [-0.2, -0.15) is 13.2 Å². The van der Waals surface area contributed by atoms with Crippen molar-refractivity contribution in [1.29, 1.82) is 0 Å². The standard InChI is InChI=1S/C18H25F3N2/c1-3-11(4-2)7-12-8-13-14-10-22-6-5-16(14)23-17(13)15(9-12)18(19,20)21/h8-9,11,14,16,22-23H,3-7,10H2,1-2H3/t14-,16-/m1/s1. The minimum atomic E-state index is -4.30. The normalized spacial score (nSPS) is 23.6. The lowest BCUT2D eigenvalue weighted by Crippen LogP contribution is -2.38.